The number of hydrogen-bond acceptors (Lipinski definition) is 4. The topological polar surface area (TPSA) is 54.0 Å². The van der Waals surface area contributed by atoms with Crippen LogP contribution < -0.4 is 10.6 Å². The van der Waals surface area contributed by atoms with Gasteiger partial charge < -0.3 is 10.6 Å². The summed E-state index contributed by atoms with van der Waals surface area (Å²) in [6, 6.07) is 6.29. The maximum atomic E-state index is 11.1. The first-order valence-electron chi connectivity index (χ1n) is 7.21. The van der Waals surface area contributed by atoms with Gasteiger partial charge in [0.15, 0.2) is 5.13 Å². The van der Waals surface area contributed by atoms with Gasteiger partial charge >= 0.3 is 0 Å². The molecular weight excluding hydrogens is 294 g/mol. The fourth-order valence-electron chi connectivity index (χ4n) is 2.86. The molecular formula is C17H15N3OS. The summed E-state index contributed by atoms with van der Waals surface area (Å²) < 4.78 is 1.09. The van der Waals surface area contributed by atoms with Crippen LogP contribution in [0.3, 0.4) is 0 Å². The number of benzene rings is 1. The van der Waals surface area contributed by atoms with Crippen molar-refractivity contribution in [3.05, 3.63) is 53.9 Å². The third-order valence-electron chi connectivity index (χ3n) is 3.92. The predicted molar refractivity (Wildman–Crippen MR) is 90.4 cm³/mol. The average molecular weight is 309 g/mol. The first-order valence-corrected chi connectivity index (χ1v) is 8.03. The van der Waals surface area contributed by atoms with Crippen molar-refractivity contribution in [1.29, 1.82) is 0 Å². The van der Waals surface area contributed by atoms with E-state index >= 15 is 0 Å². The second kappa shape index (κ2) is 5.10. The minimum absolute atomic E-state index is 0.0903. The Balaban J connectivity index is 1.68. The number of thiazole rings is 1. The van der Waals surface area contributed by atoms with Crippen LogP contribution in [0.25, 0.3) is 15.8 Å². The van der Waals surface area contributed by atoms with Crippen molar-refractivity contribution in [3.63, 3.8) is 0 Å². The summed E-state index contributed by atoms with van der Waals surface area (Å²) in [5, 5.41) is 6.67. The number of fused-ring (bicyclic) bond motifs is 2. The molecule has 1 aromatic carbocycles. The fraction of sp³-hybridized carbons (Fsp3) is 0.176. The minimum atomic E-state index is -0.0903. The second-order valence-electron chi connectivity index (χ2n) is 5.51. The molecule has 4 rings (SSSR count). The smallest absolute Gasteiger partial charge is 0.223 e. The number of aromatic nitrogens is 1. The number of amides is 1. The Morgan fingerprint density at radius 2 is 2.32 bits per heavy atom. The molecule has 2 N–H and O–H groups in total. The van der Waals surface area contributed by atoms with Crippen LogP contribution in [0.2, 0.25) is 0 Å². The number of carbonyl (C=O) groups excluding carboxylic acids is 1. The Bertz CT molecular complexity index is 860. The van der Waals surface area contributed by atoms with Crippen molar-refractivity contribution >= 4 is 38.2 Å². The standard InChI is InChI=1S/C17H15N3OS/c1-10(21)19-17-20-15-5-3-12(9-16(15)22-17)11-2-4-14-13(8-11)6-7-18-14/h2-7,9,13,18H,8H2,1H3,(H,19,20,21). The molecule has 0 spiro atoms. The third kappa shape index (κ3) is 2.33. The quantitative estimate of drug-likeness (QED) is 0.890. The molecule has 1 aliphatic carbocycles. The molecule has 22 heavy (non-hydrogen) atoms. The summed E-state index contributed by atoms with van der Waals surface area (Å²) in [4.78, 5) is 15.6. The van der Waals surface area contributed by atoms with E-state index in [2.05, 4.69) is 46.0 Å². The van der Waals surface area contributed by atoms with Crippen LogP contribution in [0, 0.1) is 5.92 Å². The Kier molecular flexibility index (Phi) is 3.08. The molecule has 5 heteroatoms. The summed E-state index contributed by atoms with van der Waals surface area (Å²) >= 11 is 1.51. The highest BCUT2D eigenvalue weighted by Gasteiger charge is 2.20. The molecule has 4 nitrogen and oxygen atoms in total. The zero-order chi connectivity index (χ0) is 15.1. The molecule has 1 atom stereocenters. The van der Waals surface area contributed by atoms with Gasteiger partial charge in [0, 0.05) is 18.5 Å². The lowest BCUT2D eigenvalue weighted by atomic mass is 9.89. The molecule has 0 saturated carbocycles. The first-order chi connectivity index (χ1) is 10.7. The molecule has 0 saturated heterocycles. The number of nitrogens with one attached hydrogen (secondary N) is 2. The molecule has 1 aliphatic heterocycles. The number of hydrogen-bond donors (Lipinski definition) is 2. The van der Waals surface area contributed by atoms with Gasteiger partial charge in [-0.25, -0.2) is 4.98 Å². The first kappa shape index (κ1) is 13.3. The van der Waals surface area contributed by atoms with Crippen LogP contribution in [-0.4, -0.2) is 10.9 Å². The van der Waals surface area contributed by atoms with Gasteiger partial charge in [-0.3, -0.25) is 4.79 Å². The van der Waals surface area contributed by atoms with Crippen LogP contribution in [-0.2, 0) is 4.79 Å². The van der Waals surface area contributed by atoms with E-state index in [0.717, 1.165) is 16.6 Å². The Morgan fingerprint density at radius 3 is 3.18 bits per heavy atom. The maximum absolute atomic E-state index is 11.1. The van der Waals surface area contributed by atoms with E-state index in [1.807, 2.05) is 12.3 Å². The van der Waals surface area contributed by atoms with Gasteiger partial charge in [-0.15, -0.1) is 0 Å². The summed E-state index contributed by atoms with van der Waals surface area (Å²) in [7, 11) is 0. The summed E-state index contributed by atoms with van der Waals surface area (Å²) in [6.07, 6.45) is 9.57. The minimum Gasteiger partial charge on any atom is -0.365 e. The molecule has 1 amide bonds. The second-order valence-corrected chi connectivity index (χ2v) is 6.54. The highest BCUT2D eigenvalue weighted by atomic mass is 32.1. The van der Waals surface area contributed by atoms with Crippen LogP contribution in [0.15, 0.2) is 48.3 Å². The van der Waals surface area contributed by atoms with Gasteiger partial charge in [-0.1, -0.05) is 29.6 Å². The zero-order valence-corrected chi connectivity index (χ0v) is 12.9. The Hall–Kier alpha value is -2.40. The van der Waals surface area contributed by atoms with E-state index in [1.54, 1.807) is 0 Å². The molecule has 0 radical (unpaired) electrons. The van der Waals surface area contributed by atoms with E-state index in [0.29, 0.717) is 11.0 Å². The van der Waals surface area contributed by atoms with Gasteiger partial charge in [0.2, 0.25) is 5.91 Å². The fourth-order valence-corrected chi connectivity index (χ4v) is 3.81. The molecule has 1 aromatic heterocycles. The van der Waals surface area contributed by atoms with Crippen molar-refractivity contribution in [2.45, 2.75) is 13.3 Å². The van der Waals surface area contributed by atoms with Gasteiger partial charge in [-0.2, -0.15) is 0 Å². The molecule has 110 valence electrons. The van der Waals surface area contributed by atoms with Crippen molar-refractivity contribution in [2.24, 2.45) is 5.92 Å². The molecule has 2 heterocycles. The molecule has 0 bridgehead atoms. The highest BCUT2D eigenvalue weighted by molar-refractivity contribution is 7.22. The van der Waals surface area contributed by atoms with E-state index < -0.39 is 0 Å². The number of carbonyl (C=O) groups is 1. The van der Waals surface area contributed by atoms with Crippen LogP contribution in [0.4, 0.5) is 5.13 Å². The molecule has 2 aliphatic rings. The summed E-state index contributed by atoms with van der Waals surface area (Å²) in [5.41, 5.74) is 4.75. The van der Waals surface area contributed by atoms with Gasteiger partial charge in [0.25, 0.3) is 0 Å². The van der Waals surface area contributed by atoms with Crippen LogP contribution in [0.1, 0.15) is 18.9 Å². The lowest BCUT2D eigenvalue weighted by molar-refractivity contribution is -0.114. The number of rotatable bonds is 2. The van der Waals surface area contributed by atoms with Gasteiger partial charge in [0.1, 0.15) is 0 Å². The largest absolute Gasteiger partial charge is 0.365 e. The van der Waals surface area contributed by atoms with E-state index in [9.17, 15) is 4.79 Å². The van der Waals surface area contributed by atoms with Crippen LogP contribution >= 0.6 is 11.3 Å². The maximum Gasteiger partial charge on any atom is 0.223 e. The SMILES string of the molecule is CC(=O)Nc1nc2ccc(C3=CC=C4NC=CC4C3)cc2s1. The van der Waals surface area contributed by atoms with Crippen molar-refractivity contribution in [2.75, 3.05) is 5.32 Å². The zero-order valence-electron chi connectivity index (χ0n) is 12.1. The molecule has 0 fully saturated rings. The predicted octanol–water partition coefficient (Wildman–Crippen LogP) is 3.66. The highest BCUT2D eigenvalue weighted by Crippen LogP contribution is 2.35. The van der Waals surface area contributed by atoms with Crippen molar-refractivity contribution in [3.8, 4) is 0 Å². The van der Waals surface area contributed by atoms with Crippen LogP contribution in [0.5, 0.6) is 0 Å². The lowest BCUT2D eigenvalue weighted by Gasteiger charge is -2.18. The molecule has 1 unspecified atom stereocenters. The Morgan fingerprint density at radius 1 is 1.41 bits per heavy atom. The van der Waals surface area contributed by atoms with Gasteiger partial charge in [-0.05, 0) is 42.0 Å². The third-order valence-corrected chi connectivity index (χ3v) is 4.86. The summed E-state index contributed by atoms with van der Waals surface area (Å²) in [5.74, 6) is 0.375. The normalized spacial score (nSPS) is 19.4. The Labute approximate surface area is 132 Å². The monoisotopic (exact) mass is 309 g/mol. The summed E-state index contributed by atoms with van der Waals surface area (Å²) in [6.45, 7) is 1.50. The van der Waals surface area contributed by atoms with Crippen molar-refractivity contribution in [1.82, 2.24) is 10.3 Å². The lowest BCUT2D eigenvalue weighted by Crippen LogP contribution is -2.10. The van der Waals surface area contributed by atoms with E-state index in [4.69, 9.17) is 0 Å². The number of nitrogens with zero attached hydrogens (tertiary/aromatic N) is 1. The van der Waals surface area contributed by atoms with Crippen molar-refractivity contribution < 1.29 is 4.79 Å². The van der Waals surface area contributed by atoms with E-state index in [1.165, 1.54) is 35.1 Å². The number of anilines is 1. The van der Waals surface area contributed by atoms with Gasteiger partial charge in [0.05, 0.1) is 10.2 Å². The van der Waals surface area contributed by atoms with E-state index in [-0.39, 0.29) is 5.91 Å². The molecule has 2 aromatic rings. The average Bonchev–Trinajstić information content (AvgIpc) is 3.10. The number of allylic oxidation sites excluding steroid dienone is 4.